The van der Waals surface area contributed by atoms with E-state index in [1.165, 1.54) is 10.6 Å². The molecule has 3 heteroatoms. The monoisotopic (exact) mass is 246 g/mol. The van der Waals surface area contributed by atoms with Crippen LogP contribution in [-0.4, -0.2) is 11.5 Å². The maximum Gasteiger partial charge on any atom is 0.107 e. The van der Waals surface area contributed by atoms with Crippen LogP contribution in [0.5, 0.6) is 0 Å². The number of hydrogen-bond acceptors (Lipinski definition) is 3. The Morgan fingerprint density at radius 3 is 2.71 bits per heavy atom. The van der Waals surface area contributed by atoms with Crippen molar-refractivity contribution in [2.45, 2.75) is 26.3 Å². The number of aryl methyl sites for hydroxylation is 1. The minimum atomic E-state index is 0.539. The molecule has 0 spiro atoms. The summed E-state index contributed by atoms with van der Waals surface area (Å²) in [5, 5.41) is 6.73. The van der Waals surface area contributed by atoms with Crippen molar-refractivity contribution in [3.05, 3.63) is 52.0 Å². The van der Waals surface area contributed by atoms with Gasteiger partial charge >= 0.3 is 0 Å². The highest BCUT2D eigenvalue weighted by Crippen LogP contribution is 2.14. The van der Waals surface area contributed by atoms with Crippen LogP contribution >= 0.6 is 11.3 Å². The van der Waals surface area contributed by atoms with Crippen LogP contribution < -0.4 is 5.32 Å². The fourth-order valence-electron chi connectivity index (χ4n) is 1.78. The van der Waals surface area contributed by atoms with Gasteiger partial charge in [0.25, 0.3) is 0 Å². The molecule has 1 aromatic carbocycles. The minimum absolute atomic E-state index is 0.539. The van der Waals surface area contributed by atoms with E-state index in [-0.39, 0.29) is 0 Å². The van der Waals surface area contributed by atoms with E-state index in [9.17, 15) is 0 Å². The molecule has 0 aliphatic rings. The normalized spacial score (nSPS) is 12.6. The summed E-state index contributed by atoms with van der Waals surface area (Å²) in [6.07, 6.45) is 0. The smallest absolute Gasteiger partial charge is 0.107 e. The Morgan fingerprint density at radius 1 is 1.29 bits per heavy atom. The second-order valence-corrected chi connectivity index (χ2v) is 5.27. The van der Waals surface area contributed by atoms with Crippen LogP contribution in [0.2, 0.25) is 0 Å². The molecule has 17 heavy (non-hydrogen) atoms. The molecule has 90 valence electrons. The van der Waals surface area contributed by atoms with E-state index in [1.807, 2.05) is 6.92 Å². The van der Waals surface area contributed by atoms with Crippen molar-refractivity contribution in [2.75, 3.05) is 6.54 Å². The van der Waals surface area contributed by atoms with Gasteiger partial charge in [-0.3, -0.25) is 0 Å². The van der Waals surface area contributed by atoms with Crippen LogP contribution in [0.25, 0.3) is 0 Å². The van der Waals surface area contributed by atoms with Crippen LogP contribution in [0.3, 0.4) is 0 Å². The van der Waals surface area contributed by atoms with Crippen molar-refractivity contribution in [3.63, 3.8) is 0 Å². The number of nitrogens with one attached hydrogen (secondary N) is 1. The second kappa shape index (κ2) is 5.94. The molecule has 1 heterocycles. The summed E-state index contributed by atoms with van der Waals surface area (Å²) >= 11 is 1.72. The summed E-state index contributed by atoms with van der Waals surface area (Å²) in [6, 6.07) is 10.6. The number of benzene rings is 1. The quantitative estimate of drug-likeness (QED) is 0.875. The minimum Gasteiger partial charge on any atom is -0.310 e. The summed E-state index contributed by atoms with van der Waals surface area (Å²) in [4.78, 5) is 4.44. The molecule has 0 amide bonds. The highest BCUT2D eigenvalue weighted by atomic mass is 32.1. The first-order valence-electron chi connectivity index (χ1n) is 5.92. The highest BCUT2D eigenvalue weighted by molar-refractivity contribution is 7.09. The molecular formula is C14H18N2S. The lowest BCUT2D eigenvalue weighted by atomic mass is 10.0. The maximum atomic E-state index is 4.44. The second-order valence-electron chi connectivity index (χ2n) is 4.33. The van der Waals surface area contributed by atoms with Gasteiger partial charge in [-0.05, 0) is 18.4 Å². The third-order valence-electron chi connectivity index (χ3n) is 2.76. The summed E-state index contributed by atoms with van der Waals surface area (Å²) in [5.41, 5.74) is 2.50. The molecular weight excluding hydrogens is 228 g/mol. The van der Waals surface area contributed by atoms with E-state index in [0.29, 0.717) is 5.92 Å². The molecule has 2 aromatic rings. The van der Waals surface area contributed by atoms with E-state index in [1.54, 1.807) is 11.3 Å². The standard InChI is InChI=1S/C14H18N2S/c1-11(13-6-4-3-5-7-13)8-15-9-14-16-12(2)10-17-14/h3-7,10-11,15H,8-9H2,1-2H3. The predicted molar refractivity (Wildman–Crippen MR) is 73.4 cm³/mol. The van der Waals surface area contributed by atoms with Gasteiger partial charge in [0.2, 0.25) is 0 Å². The zero-order valence-corrected chi connectivity index (χ0v) is 11.1. The number of aromatic nitrogens is 1. The number of rotatable bonds is 5. The van der Waals surface area contributed by atoms with Crippen LogP contribution in [0.1, 0.15) is 29.1 Å². The molecule has 1 N–H and O–H groups in total. The van der Waals surface area contributed by atoms with Gasteiger partial charge in [-0.1, -0.05) is 37.3 Å². The summed E-state index contributed by atoms with van der Waals surface area (Å²) < 4.78 is 0. The number of thiazole rings is 1. The number of nitrogens with zero attached hydrogens (tertiary/aromatic N) is 1. The molecule has 0 radical (unpaired) electrons. The Hall–Kier alpha value is -1.19. The van der Waals surface area contributed by atoms with E-state index in [4.69, 9.17) is 0 Å². The average Bonchev–Trinajstić information content (AvgIpc) is 2.76. The first kappa shape index (κ1) is 12.3. The van der Waals surface area contributed by atoms with Crippen LogP contribution in [0.15, 0.2) is 35.7 Å². The molecule has 0 saturated carbocycles. The van der Waals surface area contributed by atoms with Crippen molar-refractivity contribution < 1.29 is 0 Å². The van der Waals surface area contributed by atoms with Crippen LogP contribution in [0.4, 0.5) is 0 Å². The molecule has 1 atom stereocenters. The first-order valence-corrected chi connectivity index (χ1v) is 6.80. The van der Waals surface area contributed by atoms with Crippen molar-refractivity contribution in [1.82, 2.24) is 10.3 Å². The lowest BCUT2D eigenvalue weighted by Gasteiger charge is -2.12. The Balaban J connectivity index is 1.79. The van der Waals surface area contributed by atoms with Crippen molar-refractivity contribution in [1.29, 1.82) is 0 Å². The third kappa shape index (κ3) is 3.65. The Bertz CT molecular complexity index is 450. The topological polar surface area (TPSA) is 24.9 Å². The molecule has 1 aromatic heterocycles. The Labute approximate surface area is 107 Å². The fourth-order valence-corrected chi connectivity index (χ4v) is 2.52. The largest absolute Gasteiger partial charge is 0.310 e. The summed E-state index contributed by atoms with van der Waals surface area (Å²) in [7, 11) is 0. The van der Waals surface area contributed by atoms with Gasteiger partial charge < -0.3 is 5.32 Å². The molecule has 0 bridgehead atoms. The molecule has 0 saturated heterocycles. The number of hydrogen-bond donors (Lipinski definition) is 1. The van der Waals surface area contributed by atoms with Crippen LogP contribution in [-0.2, 0) is 6.54 Å². The van der Waals surface area contributed by atoms with E-state index >= 15 is 0 Å². The predicted octanol–water partition coefficient (Wildman–Crippen LogP) is 3.34. The van der Waals surface area contributed by atoms with Gasteiger partial charge in [-0.15, -0.1) is 11.3 Å². The van der Waals surface area contributed by atoms with Gasteiger partial charge in [0.05, 0.1) is 0 Å². The van der Waals surface area contributed by atoms with Crippen molar-refractivity contribution >= 4 is 11.3 Å². The van der Waals surface area contributed by atoms with Crippen molar-refractivity contribution in [3.8, 4) is 0 Å². The lowest BCUT2D eigenvalue weighted by molar-refractivity contribution is 0.613. The van der Waals surface area contributed by atoms with Gasteiger partial charge in [0, 0.05) is 24.2 Å². The molecule has 2 rings (SSSR count). The van der Waals surface area contributed by atoms with E-state index in [0.717, 1.165) is 18.8 Å². The first-order chi connectivity index (χ1) is 8.25. The van der Waals surface area contributed by atoms with Gasteiger partial charge in [-0.2, -0.15) is 0 Å². The lowest BCUT2D eigenvalue weighted by Crippen LogP contribution is -2.19. The Morgan fingerprint density at radius 2 is 2.06 bits per heavy atom. The molecule has 0 aliphatic heterocycles. The van der Waals surface area contributed by atoms with Crippen LogP contribution in [0, 0.1) is 6.92 Å². The summed E-state index contributed by atoms with van der Waals surface area (Å²) in [5.74, 6) is 0.539. The summed E-state index contributed by atoms with van der Waals surface area (Å²) in [6.45, 7) is 6.14. The molecule has 0 aliphatic carbocycles. The fraction of sp³-hybridized carbons (Fsp3) is 0.357. The average molecular weight is 246 g/mol. The molecule has 0 fully saturated rings. The van der Waals surface area contributed by atoms with Gasteiger partial charge in [-0.25, -0.2) is 4.98 Å². The molecule has 2 nitrogen and oxygen atoms in total. The third-order valence-corrected chi connectivity index (χ3v) is 3.73. The maximum absolute atomic E-state index is 4.44. The van der Waals surface area contributed by atoms with Gasteiger partial charge in [0.1, 0.15) is 5.01 Å². The van der Waals surface area contributed by atoms with Gasteiger partial charge in [0.15, 0.2) is 0 Å². The highest BCUT2D eigenvalue weighted by Gasteiger charge is 2.04. The van der Waals surface area contributed by atoms with E-state index in [2.05, 4.69) is 52.9 Å². The van der Waals surface area contributed by atoms with Crippen molar-refractivity contribution in [2.24, 2.45) is 0 Å². The zero-order chi connectivity index (χ0) is 12.1. The van der Waals surface area contributed by atoms with E-state index < -0.39 is 0 Å². The SMILES string of the molecule is Cc1csc(CNCC(C)c2ccccc2)n1. The molecule has 1 unspecified atom stereocenters. The Kier molecular flexibility index (Phi) is 4.29. The zero-order valence-electron chi connectivity index (χ0n) is 10.3.